The lowest BCUT2D eigenvalue weighted by Crippen LogP contribution is -3.08. The van der Waals surface area contributed by atoms with Crippen LogP contribution in [0.5, 0.6) is 0 Å². The van der Waals surface area contributed by atoms with E-state index in [4.69, 9.17) is 0 Å². The van der Waals surface area contributed by atoms with Gasteiger partial charge >= 0.3 is 0 Å². The molecule has 1 unspecified atom stereocenters. The van der Waals surface area contributed by atoms with Gasteiger partial charge in [0.1, 0.15) is 6.54 Å². The second kappa shape index (κ2) is 10.0. The number of carbonyl (C=O) groups excluding carboxylic acids is 1. The standard InChI is InChI=1S/C22H31N3O3S/c1-6-25(7-2)29(27,28)20-13-10-18(4)21(14-20)23-22(26)16-24(5)15-19-11-8-17(3)9-12-19/h8-14H,6-7,15-16H2,1-5H3,(H,23,26)/p+1. The predicted molar refractivity (Wildman–Crippen MR) is 117 cm³/mol. The first-order chi connectivity index (χ1) is 13.7. The molecule has 0 aliphatic carbocycles. The molecular formula is C22H32N3O3S+. The molecule has 1 atom stereocenters. The molecule has 1 amide bonds. The summed E-state index contributed by atoms with van der Waals surface area (Å²) >= 11 is 0. The molecule has 29 heavy (non-hydrogen) atoms. The molecule has 0 bridgehead atoms. The number of hydrogen-bond acceptors (Lipinski definition) is 3. The maximum Gasteiger partial charge on any atom is 0.279 e. The van der Waals surface area contributed by atoms with Crippen molar-refractivity contribution < 1.29 is 18.1 Å². The average Bonchev–Trinajstić information content (AvgIpc) is 2.66. The number of nitrogens with zero attached hydrogens (tertiary/aromatic N) is 1. The number of nitrogens with one attached hydrogen (secondary N) is 2. The van der Waals surface area contributed by atoms with E-state index >= 15 is 0 Å². The highest BCUT2D eigenvalue weighted by Crippen LogP contribution is 2.22. The van der Waals surface area contributed by atoms with Crippen molar-refractivity contribution in [1.82, 2.24) is 4.31 Å². The number of sulfonamides is 1. The molecule has 0 heterocycles. The maximum atomic E-state index is 12.8. The minimum Gasteiger partial charge on any atom is -0.326 e. The quantitative estimate of drug-likeness (QED) is 0.654. The van der Waals surface area contributed by atoms with Gasteiger partial charge in [0.05, 0.1) is 11.9 Å². The highest BCUT2D eigenvalue weighted by molar-refractivity contribution is 7.89. The fraction of sp³-hybridized carbons (Fsp3) is 0.409. The summed E-state index contributed by atoms with van der Waals surface area (Å²) in [5.74, 6) is -0.143. The number of likely N-dealkylation sites (N-methyl/N-ethyl adjacent to an activating group) is 1. The summed E-state index contributed by atoms with van der Waals surface area (Å²) in [5, 5.41) is 2.88. The first kappa shape index (κ1) is 23.1. The third-order valence-corrected chi connectivity index (χ3v) is 6.96. The molecule has 0 radical (unpaired) electrons. The Hall–Kier alpha value is -2.22. The number of quaternary nitrogens is 1. The number of amides is 1. The van der Waals surface area contributed by atoms with E-state index in [2.05, 4.69) is 29.6 Å². The molecule has 2 aromatic rings. The number of anilines is 1. The maximum absolute atomic E-state index is 12.8. The Morgan fingerprint density at radius 1 is 1.03 bits per heavy atom. The van der Waals surface area contributed by atoms with E-state index < -0.39 is 10.0 Å². The second-order valence-electron chi connectivity index (χ2n) is 7.41. The molecule has 0 fully saturated rings. The van der Waals surface area contributed by atoms with Crippen molar-refractivity contribution in [3.8, 4) is 0 Å². The van der Waals surface area contributed by atoms with Crippen molar-refractivity contribution in [2.75, 3.05) is 32.0 Å². The van der Waals surface area contributed by atoms with Crippen LogP contribution in [0.15, 0.2) is 47.4 Å². The molecule has 2 aromatic carbocycles. The van der Waals surface area contributed by atoms with Crippen LogP contribution in [0.2, 0.25) is 0 Å². The van der Waals surface area contributed by atoms with Crippen molar-refractivity contribution >= 4 is 21.6 Å². The molecule has 7 heteroatoms. The van der Waals surface area contributed by atoms with Gasteiger partial charge in [-0.15, -0.1) is 0 Å². The number of benzene rings is 2. The van der Waals surface area contributed by atoms with Crippen LogP contribution in [0, 0.1) is 13.8 Å². The normalized spacial score (nSPS) is 12.8. The van der Waals surface area contributed by atoms with Gasteiger partial charge < -0.3 is 10.2 Å². The van der Waals surface area contributed by atoms with Crippen LogP contribution in [-0.2, 0) is 21.4 Å². The topological polar surface area (TPSA) is 70.9 Å². The molecule has 0 saturated heterocycles. The van der Waals surface area contributed by atoms with Crippen molar-refractivity contribution in [2.45, 2.75) is 39.1 Å². The van der Waals surface area contributed by atoms with Gasteiger partial charge in [-0.25, -0.2) is 8.42 Å². The van der Waals surface area contributed by atoms with E-state index in [1.165, 1.54) is 15.4 Å². The minimum absolute atomic E-state index is 0.143. The highest BCUT2D eigenvalue weighted by atomic mass is 32.2. The first-order valence-electron chi connectivity index (χ1n) is 9.94. The van der Waals surface area contributed by atoms with Crippen LogP contribution >= 0.6 is 0 Å². The van der Waals surface area contributed by atoms with E-state index in [1.54, 1.807) is 18.2 Å². The van der Waals surface area contributed by atoms with E-state index in [0.717, 1.165) is 17.0 Å². The van der Waals surface area contributed by atoms with Crippen LogP contribution < -0.4 is 10.2 Å². The second-order valence-corrected chi connectivity index (χ2v) is 9.35. The van der Waals surface area contributed by atoms with E-state index in [0.29, 0.717) is 25.3 Å². The lowest BCUT2D eigenvalue weighted by Gasteiger charge is -2.20. The summed E-state index contributed by atoms with van der Waals surface area (Å²) in [6.07, 6.45) is 0. The highest BCUT2D eigenvalue weighted by Gasteiger charge is 2.22. The average molecular weight is 419 g/mol. The summed E-state index contributed by atoms with van der Waals surface area (Å²) in [6, 6.07) is 13.1. The Morgan fingerprint density at radius 2 is 1.66 bits per heavy atom. The first-order valence-corrected chi connectivity index (χ1v) is 11.4. The minimum atomic E-state index is -3.57. The van der Waals surface area contributed by atoms with Gasteiger partial charge in [0.2, 0.25) is 10.0 Å². The number of aryl methyl sites for hydroxylation is 2. The fourth-order valence-electron chi connectivity index (χ4n) is 3.19. The van der Waals surface area contributed by atoms with Gasteiger partial charge in [-0.3, -0.25) is 4.79 Å². The van der Waals surface area contributed by atoms with Crippen molar-refractivity contribution in [2.24, 2.45) is 0 Å². The summed E-state index contributed by atoms with van der Waals surface area (Å²) in [6.45, 7) is 9.36. The van der Waals surface area contributed by atoms with Crippen LogP contribution in [0.3, 0.4) is 0 Å². The van der Waals surface area contributed by atoms with E-state index in [-0.39, 0.29) is 10.8 Å². The van der Waals surface area contributed by atoms with Crippen molar-refractivity contribution in [3.63, 3.8) is 0 Å². The van der Waals surface area contributed by atoms with Crippen LogP contribution in [-0.4, -0.2) is 45.3 Å². The summed E-state index contributed by atoms with van der Waals surface area (Å²) in [5.41, 5.74) is 3.74. The zero-order chi connectivity index (χ0) is 21.6. The van der Waals surface area contributed by atoms with E-state index in [1.807, 2.05) is 34.7 Å². The van der Waals surface area contributed by atoms with Gasteiger partial charge in [-0.1, -0.05) is 49.7 Å². The van der Waals surface area contributed by atoms with Gasteiger partial charge in [0, 0.05) is 24.3 Å². The molecule has 0 aliphatic rings. The van der Waals surface area contributed by atoms with Gasteiger partial charge in [-0.2, -0.15) is 4.31 Å². The zero-order valence-electron chi connectivity index (χ0n) is 18.0. The SMILES string of the molecule is CCN(CC)S(=O)(=O)c1ccc(C)c(NC(=O)C[NH+](C)Cc2ccc(C)cc2)c1. The molecule has 6 nitrogen and oxygen atoms in total. The smallest absolute Gasteiger partial charge is 0.279 e. The Bertz CT molecular complexity index is 936. The number of hydrogen-bond donors (Lipinski definition) is 2. The predicted octanol–water partition coefficient (Wildman–Crippen LogP) is 1.99. The van der Waals surface area contributed by atoms with E-state index in [9.17, 15) is 13.2 Å². The molecule has 0 saturated carbocycles. The van der Waals surface area contributed by atoms with Gasteiger partial charge in [-0.05, 0) is 31.5 Å². The molecule has 158 valence electrons. The van der Waals surface area contributed by atoms with Crippen molar-refractivity contribution in [3.05, 3.63) is 59.2 Å². The Kier molecular flexibility index (Phi) is 7.96. The van der Waals surface area contributed by atoms with Crippen LogP contribution in [0.25, 0.3) is 0 Å². The molecule has 2 N–H and O–H groups in total. The van der Waals surface area contributed by atoms with Crippen LogP contribution in [0.1, 0.15) is 30.5 Å². The van der Waals surface area contributed by atoms with Gasteiger partial charge in [0.25, 0.3) is 5.91 Å². The summed E-state index contributed by atoms with van der Waals surface area (Å²) in [4.78, 5) is 13.8. The summed E-state index contributed by atoms with van der Waals surface area (Å²) < 4.78 is 26.9. The van der Waals surface area contributed by atoms with Crippen LogP contribution in [0.4, 0.5) is 5.69 Å². The largest absolute Gasteiger partial charge is 0.326 e. The molecule has 2 rings (SSSR count). The fourth-order valence-corrected chi connectivity index (χ4v) is 4.68. The number of rotatable bonds is 9. The van der Waals surface area contributed by atoms with Gasteiger partial charge in [0.15, 0.2) is 6.54 Å². The number of carbonyl (C=O) groups is 1. The zero-order valence-corrected chi connectivity index (χ0v) is 18.8. The third-order valence-electron chi connectivity index (χ3n) is 4.92. The molecular weight excluding hydrogens is 386 g/mol. The Morgan fingerprint density at radius 3 is 2.24 bits per heavy atom. The molecule has 0 spiro atoms. The third kappa shape index (κ3) is 6.13. The molecule has 0 aliphatic heterocycles. The monoisotopic (exact) mass is 418 g/mol. The lowest BCUT2D eigenvalue weighted by molar-refractivity contribution is -0.885. The summed E-state index contributed by atoms with van der Waals surface area (Å²) in [7, 11) is -1.60. The lowest BCUT2D eigenvalue weighted by atomic mass is 10.1. The van der Waals surface area contributed by atoms with Crippen molar-refractivity contribution in [1.29, 1.82) is 0 Å². The Balaban J connectivity index is 2.08. The Labute approximate surface area is 174 Å². The molecule has 0 aromatic heterocycles.